The van der Waals surface area contributed by atoms with Gasteiger partial charge in [-0.2, -0.15) is 0 Å². The summed E-state index contributed by atoms with van der Waals surface area (Å²) in [4.78, 5) is 28.1. The third-order valence-electron chi connectivity index (χ3n) is 5.33. The lowest BCUT2D eigenvalue weighted by molar-refractivity contribution is 0.0940. The lowest BCUT2D eigenvalue weighted by Gasteiger charge is -2.27. The second-order valence-electron chi connectivity index (χ2n) is 7.37. The average molecular weight is 416 g/mol. The maximum Gasteiger partial charge on any atom is 0.252 e. The number of halogens is 1. The highest BCUT2D eigenvalue weighted by atomic mass is 35.5. The second kappa shape index (κ2) is 11.1. The summed E-state index contributed by atoms with van der Waals surface area (Å²) in [6.45, 7) is 9.76. The van der Waals surface area contributed by atoms with Crippen molar-refractivity contribution in [1.29, 1.82) is 0 Å². The van der Waals surface area contributed by atoms with Crippen LogP contribution in [-0.4, -0.2) is 55.9 Å². The minimum atomic E-state index is -0.187. The van der Waals surface area contributed by atoms with Crippen LogP contribution in [0.1, 0.15) is 43.8 Å². The Bertz CT molecular complexity index is 848. The predicted octanol–water partition coefficient (Wildman–Crippen LogP) is 2.98. The molecule has 0 spiro atoms. The van der Waals surface area contributed by atoms with Gasteiger partial charge in [-0.05, 0) is 50.1 Å². The SMILES string of the molecule is Cc1ccc(C(=O)c2ccccc2C(=O)NCCCN2CCNCC2)cc1C.Cl. The lowest BCUT2D eigenvalue weighted by Crippen LogP contribution is -2.44. The number of hydrogen-bond donors (Lipinski definition) is 2. The quantitative estimate of drug-likeness (QED) is 0.539. The molecular weight excluding hydrogens is 386 g/mol. The van der Waals surface area contributed by atoms with Crippen molar-refractivity contribution >= 4 is 24.1 Å². The molecule has 2 aromatic rings. The first-order chi connectivity index (χ1) is 13.6. The Kier molecular flexibility index (Phi) is 8.83. The van der Waals surface area contributed by atoms with Crippen molar-refractivity contribution in [3.8, 4) is 0 Å². The van der Waals surface area contributed by atoms with Crippen molar-refractivity contribution in [2.24, 2.45) is 0 Å². The van der Waals surface area contributed by atoms with Gasteiger partial charge in [0.25, 0.3) is 5.91 Å². The van der Waals surface area contributed by atoms with Crippen LogP contribution in [0.3, 0.4) is 0 Å². The summed E-state index contributed by atoms with van der Waals surface area (Å²) in [5.74, 6) is -0.303. The number of piperazine rings is 1. The highest BCUT2D eigenvalue weighted by molar-refractivity contribution is 6.15. The highest BCUT2D eigenvalue weighted by Gasteiger charge is 2.18. The third-order valence-corrected chi connectivity index (χ3v) is 5.33. The molecule has 0 radical (unpaired) electrons. The van der Waals surface area contributed by atoms with Crippen LogP contribution in [0.4, 0.5) is 0 Å². The second-order valence-corrected chi connectivity index (χ2v) is 7.37. The van der Waals surface area contributed by atoms with Crippen LogP contribution in [-0.2, 0) is 0 Å². The molecule has 1 saturated heterocycles. The van der Waals surface area contributed by atoms with Crippen LogP contribution in [0, 0.1) is 13.8 Å². The van der Waals surface area contributed by atoms with E-state index < -0.39 is 0 Å². The molecule has 1 aliphatic heterocycles. The van der Waals surface area contributed by atoms with Crippen molar-refractivity contribution in [2.45, 2.75) is 20.3 Å². The van der Waals surface area contributed by atoms with Gasteiger partial charge in [-0.1, -0.05) is 30.3 Å². The van der Waals surface area contributed by atoms with Crippen LogP contribution in [0.2, 0.25) is 0 Å². The van der Waals surface area contributed by atoms with E-state index in [1.807, 2.05) is 32.0 Å². The summed E-state index contributed by atoms with van der Waals surface area (Å²) in [5, 5.41) is 6.31. The molecule has 2 N–H and O–H groups in total. The maximum atomic E-state index is 13.0. The number of nitrogens with one attached hydrogen (secondary N) is 2. The molecule has 0 aliphatic carbocycles. The van der Waals surface area contributed by atoms with E-state index in [1.54, 1.807) is 24.3 Å². The maximum absolute atomic E-state index is 13.0. The van der Waals surface area contributed by atoms with Gasteiger partial charge in [0, 0.05) is 43.9 Å². The smallest absolute Gasteiger partial charge is 0.252 e. The molecule has 0 aromatic heterocycles. The third kappa shape index (κ3) is 6.13. The van der Waals surface area contributed by atoms with Gasteiger partial charge in [-0.3, -0.25) is 9.59 Å². The van der Waals surface area contributed by atoms with E-state index in [1.165, 1.54) is 0 Å². The number of benzene rings is 2. The monoisotopic (exact) mass is 415 g/mol. The van der Waals surface area contributed by atoms with Crippen LogP contribution in [0.5, 0.6) is 0 Å². The van der Waals surface area contributed by atoms with E-state index in [0.717, 1.165) is 50.3 Å². The zero-order chi connectivity index (χ0) is 19.9. The van der Waals surface area contributed by atoms with Gasteiger partial charge < -0.3 is 15.5 Å². The number of carbonyl (C=O) groups excluding carboxylic acids is 2. The summed E-state index contributed by atoms with van der Waals surface area (Å²) < 4.78 is 0. The molecular formula is C23H30ClN3O2. The molecule has 1 aliphatic rings. The molecule has 156 valence electrons. The number of ketones is 1. The van der Waals surface area contributed by atoms with Gasteiger partial charge in [-0.25, -0.2) is 0 Å². The molecule has 3 rings (SSSR count). The number of rotatable bonds is 7. The first kappa shape index (κ1) is 23.1. The summed E-state index contributed by atoms with van der Waals surface area (Å²) >= 11 is 0. The van der Waals surface area contributed by atoms with Gasteiger partial charge in [0.15, 0.2) is 5.78 Å². The topological polar surface area (TPSA) is 61.4 Å². The zero-order valence-electron chi connectivity index (χ0n) is 17.2. The molecule has 29 heavy (non-hydrogen) atoms. The molecule has 0 unspecified atom stereocenters. The average Bonchev–Trinajstić information content (AvgIpc) is 2.73. The van der Waals surface area contributed by atoms with Gasteiger partial charge in [0.2, 0.25) is 0 Å². The molecule has 1 fully saturated rings. The Balaban J connectivity index is 0.00000300. The minimum Gasteiger partial charge on any atom is -0.352 e. The number of hydrogen-bond acceptors (Lipinski definition) is 4. The minimum absolute atomic E-state index is 0. The summed E-state index contributed by atoms with van der Waals surface area (Å²) in [6.07, 6.45) is 0.902. The summed E-state index contributed by atoms with van der Waals surface area (Å²) in [6, 6.07) is 12.7. The van der Waals surface area contributed by atoms with E-state index in [-0.39, 0.29) is 24.1 Å². The molecule has 6 heteroatoms. The standard InChI is InChI=1S/C23H29N3O2.ClH/c1-17-8-9-19(16-18(17)2)22(27)20-6-3-4-7-21(20)23(28)25-10-5-13-26-14-11-24-12-15-26;/h3-4,6-9,16,24H,5,10-15H2,1-2H3,(H,25,28);1H. The van der Waals surface area contributed by atoms with Crippen LogP contribution in [0.25, 0.3) is 0 Å². The van der Waals surface area contributed by atoms with Crippen LogP contribution < -0.4 is 10.6 Å². The Morgan fingerprint density at radius 3 is 2.38 bits per heavy atom. The first-order valence-corrected chi connectivity index (χ1v) is 9.98. The van der Waals surface area contributed by atoms with Crippen LogP contribution >= 0.6 is 12.4 Å². The number of nitrogens with zero attached hydrogens (tertiary/aromatic N) is 1. The first-order valence-electron chi connectivity index (χ1n) is 9.98. The Morgan fingerprint density at radius 2 is 1.69 bits per heavy atom. The van der Waals surface area contributed by atoms with E-state index in [9.17, 15) is 9.59 Å². The largest absolute Gasteiger partial charge is 0.352 e. The van der Waals surface area contributed by atoms with E-state index >= 15 is 0 Å². The molecule has 5 nitrogen and oxygen atoms in total. The lowest BCUT2D eigenvalue weighted by atomic mass is 9.95. The predicted molar refractivity (Wildman–Crippen MR) is 119 cm³/mol. The zero-order valence-corrected chi connectivity index (χ0v) is 18.0. The van der Waals surface area contributed by atoms with Gasteiger partial charge >= 0.3 is 0 Å². The Hall–Kier alpha value is -2.21. The fraction of sp³-hybridized carbons (Fsp3) is 0.391. The van der Waals surface area contributed by atoms with E-state index in [4.69, 9.17) is 0 Å². The normalized spacial score (nSPS) is 14.1. The van der Waals surface area contributed by atoms with E-state index in [0.29, 0.717) is 23.2 Å². The van der Waals surface area contributed by atoms with Crippen molar-refractivity contribution in [3.63, 3.8) is 0 Å². The molecule has 1 amide bonds. The van der Waals surface area contributed by atoms with Crippen LogP contribution in [0.15, 0.2) is 42.5 Å². The number of aryl methyl sites for hydroxylation is 2. The van der Waals surface area contributed by atoms with Gasteiger partial charge in [-0.15, -0.1) is 12.4 Å². The molecule has 0 saturated carbocycles. The van der Waals surface area contributed by atoms with E-state index in [2.05, 4.69) is 15.5 Å². The summed E-state index contributed by atoms with van der Waals surface area (Å²) in [7, 11) is 0. The fourth-order valence-electron chi connectivity index (χ4n) is 3.45. The van der Waals surface area contributed by atoms with Gasteiger partial charge in [0.1, 0.15) is 0 Å². The summed E-state index contributed by atoms with van der Waals surface area (Å²) in [5.41, 5.74) is 3.72. The molecule has 2 aromatic carbocycles. The highest BCUT2D eigenvalue weighted by Crippen LogP contribution is 2.17. The molecule has 0 atom stereocenters. The number of carbonyl (C=O) groups is 2. The molecule has 0 bridgehead atoms. The number of amides is 1. The molecule has 1 heterocycles. The van der Waals surface area contributed by atoms with Crippen molar-refractivity contribution in [2.75, 3.05) is 39.3 Å². The van der Waals surface area contributed by atoms with Crippen molar-refractivity contribution in [1.82, 2.24) is 15.5 Å². The van der Waals surface area contributed by atoms with Crippen molar-refractivity contribution in [3.05, 3.63) is 70.3 Å². The van der Waals surface area contributed by atoms with Crippen molar-refractivity contribution < 1.29 is 9.59 Å². The fourth-order valence-corrected chi connectivity index (χ4v) is 3.45. The van der Waals surface area contributed by atoms with Gasteiger partial charge in [0.05, 0.1) is 5.56 Å². The Labute approximate surface area is 179 Å². The Morgan fingerprint density at radius 1 is 1.00 bits per heavy atom.